The lowest BCUT2D eigenvalue weighted by molar-refractivity contribution is 0.0853. The van der Waals surface area contributed by atoms with Gasteiger partial charge < -0.3 is 15.0 Å². The van der Waals surface area contributed by atoms with Gasteiger partial charge in [-0.3, -0.25) is 4.98 Å². The number of fused-ring (bicyclic) bond motifs is 1. The summed E-state index contributed by atoms with van der Waals surface area (Å²) in [5, 5.41) is 4.54. The van der Waals surface area contributed by atoms with Crippen LogP contribution >= 0.6 is 0 Å². The molecule has 140 valence electrons. The Balaban J connectivity index is 1.39. The van der Waals surface area contributed by atoms with Crippen LogP contribution in [-0.2, 0) is 4.74 Å². The van der Waals surface area contributed by atoms with Crippen molar-refractivity contribution in [3.8, 4) is 11.3 Å². The van der Waals surface area contributed by atoms with Gasteiger partial charge in [0.2, 0.25) is 0 Å². The number of ether oxygens (including phenoxy) is 1. The van der Waals surface area contributed by atoms with E-state index in [4.69, 9.17) is 4.74 Å². The predicted molar refractivity (Wildman–Crippen MR) is 112 cm³/mol. The first-order chi connectivity index (χ1) is 13.8. The summed E-state index contributed by atoms with van der Waals surface area (Å²) in [6.45, 7) is 1.71. The van der Waals surface area contributed by atoms with Crippen molar-refractivity contribution in [3.63, 3.8) is 0 Å². The van der Waals surface area contributed by atoms with Crippen LogP contribution in [0.2, 0.25) is 0 Å². The summed E-state index contributed by atoms with van der Waals surface area (Å²) in [4.78, 5) is 12.2. The van der Waals surface area contributed by atoms with E-state index in [0.29, 0.717) is 5.92 Å². The highest BCUT2D eigenvalue weighted by Crippen LogP contribution is 2.30. The molecule has 0 atom stereocenters. The number of benzene rings is 1. The monoisotopic (exact) mass is 370 g/mol. The fourth-order valence-electron chi connectivity index (χ4n) is 3.83. The number of nitrogens with one attached hydrogen (secondary N) is 2. The zero-order valence-electron chi connectivity index (χ0n) is 15.6. The largest absolute Gasteiger partial charge is 0.381 e. The molecule has 5 rings (SSSR count). The molecular formula is C23H22N4O. The van der Waals surface area contributed by atoms with Crippen molar-refractivity contribution in [3.05, 3.63) is 72.7 Å². The Bertz CT molecular complexity index is 1080. The van der Waals surface area contributed by atoms with E-state index in [0.717, 1.165) is 59.7 Å². The molecule has 0 saturated carbocycles. The van der Waals surface area contributed by atoms with E-state index in [2.05, 4.69) is 56.7 Å². The third-order valence-corrected chi connectivity index (χ3v) is 5.35. The van der Waals surface area contributed by atoms with Gasteiger partial charge in [-0.1, -0.05) is 12.1 Å². The van der Waals surface area contributed by atoms with Crippen molar-refractivity contribution < 1.29 is 4.74 Å². The Morgan fingerprint density at radius 3 is 2.71 bits per heavy atom. The molecule has 1 aliphatic rings. The van der Waals surface area contributed by atoms with Gasteiger partial charge in [0.1, 0.15) is 5.82 Å². The molecule has 0 radical (unpaired) electrons. The molecule has 0 unspecified atom stereocenters. The lowest BCUT2D eigenvalue weighted by Gasteiger charge is -2.22. The van der Waals surface area contributed by atoms with Gasteiger partial charge >= 0.3 is 0 Å². The van der Waals surface area contributed by atoms with Crippen LogP contribution in [0.3, 0.4) is 0 Å². The highest BCUT2D eigenvalue weighted by molar-refractivity contribution is 5.87. The zero-order chi connectivity index (χ0) is 18.8. The second-order valence-corrected chi connectivity index (χ2v) is 7.21. The minimum atomic E-state index is 0.581. The van der Waals surface area contributed by atoms with Gasteiger partial charge in [-0.2, -0.15) is 0 Å². The van der Waals surface area contributed by atoms with Crippen molar-refractivity contribution in [1.82, 2.24) is 15.0 Å². The van der Waals surface area contributed by atoms with E-state index >= 15 is 0 Å². The molecule has 3 aromatic heterocycles. The summed E-state index contributed by atoms with van der Waals surface area (Å²) in [5.74, 6) is 1.41. The zero-order valence-corrected chi connectivity index (χ0v) is 15.6. The molecule has 5 heteroatoms. The van der Waals surface area contributed by atoms with Crippen LogP contribution in [0.25, 0.3) is 22.2 Å². The maximum Gasteiger partial charge on any atom is 0.132 e. The van der Waals surface area contributed by atoms with Crippen molar-refractivity contribution in [2.45, 2.75) is 18.8 Å². The van der Waals surface area contributed by atoms with Gasteiger partial charge in [0.05, 0.1) is 5.52 Å². The molecule has 4 heterocycles. The molecule has 0 aliphatic carbocycles. The van der Waals surface area contributed by atoms with E-state index in [1.807, 2.05) is 18.3 Å². The number of hydrogen-bond acceptors (Lipinski definition) is 4. The van der Waals surface area contributed by atoms with Crippen LogP contribution in [0.1, 0.15) is 24.3 Å². The molecule has 0 bridgehead atoms. The van der Waals surface area contributed by atoms with Gasteiger partial charge in [0.25, 0.3) is 0 Å². The maximum atomic E-state index is 5.49. The molecular weight excluding hydrogens is 348 g/mol. The van der Waals surface area contributed by atoms with Gasteiger partial charge in [-0.15, -0.1) is 0 Å². The summed E-state index contributed by atoms with van der Waals surface area (Å²) < 4.78 is 5.49. The van der Waals surface area contributed by atoms with Gasteiger partial charge in [-0.05, 0) is 54.7 Å². The number of hydrogen-bond donors (Lipinski definition) is 2. The molecule has 1 saturated heterocycles. The van der Waals surface area contributed by atoms with Crippen molar-refractivity contribution in [1.29, 1.82) is 0 Å². The van der Waals surface area contributed by atoms with Crippen LogP contribution in [0.5, 0.6) is 0 Å². The average molecular weight is 370 g/mol. The third kappa shape index (κ3) is 3.49. The first-order valence-electron chi connectivity index (χ1n) is 9.69. The lowest BCUT2D eigenvalue weighted by atomic mass is 9.91. The Hall–Kier alpha value is -3.18. The molecule has 0 amide bonds. The smallest absolute Gasteiger partial charge is 0.132 e. The van der Waals surface area contributed by atoms with Gasteiger partial charge in [0.15, 0.2) is 0 Å². The van der Waals surface area contributed by atoms with Crippen LogP contribution in [0.15, 0.2) is 67.1 Å². The van der Waals surface area contributed by atoms with Gasteiger partial charge in [-0.25, -0.2) is 4.98 Å². The van der Waals surface area contributed by atoms with Crippen molar-refractivity contribution in [2.75, 3.05) is 18.5 Å². The minimum Gasteiger partial charge on any atom is -0.381 e. The van der Waals surface area contributed by atoms with Crippen LogP contribution in [0.4, 0.5) is 11.5 Å². The summed E-state index contributed by atoms with van der Waals surface area (Å²) in [6, 6.07) is 16.8. The van der Waals surface area contributed by atoms with Crippen molar-refractivity contribution in [2.24, 2.45) is 0 Å². The lowest BCUT2D eigenvalue weighted by Crippen LogP contribution is -2.14. The predicted octanol–water partition coefficient (Wildman–Crippen LogP) is 5.26. The Labute approximate surface area is 163 Å². The molecule has 1 aromatic carbocycles. The normalized spacial score (nSPS) is 15.0. The van der Waals surface area contributed by atoms with Crippen LogP contribution in [-0.4, -0.2) is 28.2 Å². The average Bonchev–Trinajstić information content (AvgIpc) is 3.19. The van der Waals surface area contributed by atoms with E-state index in [9.17, 15) is 0 Å². The number of anilines is 2. The molecule has 4 aromatic rings. The second kappa shape index (κ2) is 7.44. The molecule has 28 heavy (non-hydrogen) atoms. The second-order valence-electron chi connectivity index (χ2n) is 7.21. The number of nitrogens with zero attached hydrogens (tertiary/aromatic N) is 2. The summed E-state index contributed by atoms with van der Waals surface area (Å²) in [5.41, 5.74) is 5.68. The Morgan fingerprint density at radius 1 is 1.00 bits per heavy atom. The topological polar surface area (TPSA) is 62.8 Å². The van der Waals surface area contributed by atoms with Crippen molar-refractivity contribution >= 4 is 22.4 Å². The molecule has 1 fully saturated rings. The molecule has 1 aliphatic heterocycles. The first-order valence-corrected chi connectivity index (χ1v) is 9.69. The number of aromatic amines is 1. The maximum absolute atomic E-state index is 5.49. The SMILES string of the molecule is c1cc(Nc2cc3[nH]c(-c4ccncc4)cc3cn2)cc(C2CCOCC2)c1. The van der Waals surface area contributed by atoms with Crippen LogP contribution in [0, 0.1) is 0 Å². The fourth-order valence-corrected chi connectivity index (χ4v) is 3.83. The Kier molecular flexibility index (Phi) is 4.51. The van der Waals surface area contributed by atoms with Crippen LogP contribution < -0.4 is 5.32 Å². The number of rotatable bonds is 4. The highest BCUT2D eigenvalue weighted by Gasteiger charge is 2.16. The van der Waals surface area contributed by atoms with Gasteiger partial charge in [0, 0.05) is 60.2 Å². The van der Waals surface area contributed by atoms with E-state index in [1.165, 1.54) is 5.56 Å². The number of aromatic nitrogens is 3. The molecule has 2 N–H and O–H groups in total. The highest BCUT2D eigenvalue weighted by atomic mass is 16.5. The van der Waals surface area contributed by atoms with E-state index < -0.39 is 0 Å². The molecule has 5 nitrogen and oxygen atoms in total. The quantitative estimate of drug-likeness (QED) is 0.514. The summed E-state index contributed by atoms with van der Waals surface area (Å²) in [7, 11) is 0. The molecule has 0 spiro atoms. The van der Waals surface area contributed by atoms with E-state index in [-0.39, 0.29) is 0 Å². The summed E-state index contributed by atoms with van der Waals surface area (Å²) in [6.07, 6.45) is 7.69. The first kappa shape index (κ1) is 17.0. The summed E-state index contributed by atoms with van der Waals surface area (Å²) >= 11 is 0. The third-order valence-electron chi connectivity index (χ3n) is 5.35. The Morgan fingerprint density at radius 2 is 1.86 bits per heavy atom. The fraction of sp³-hybridized carbons (Fsp3) is 0.217. The minimum absolute atomic E-state index is 0.581. The number of pyridine rings is 2. The standard InChI is InChI=1S/C23H22N4O/c1-2-18(16-6-10-28-11-7-16)12-20(3-1)26-23-14-22-19(15-25-23)13-21(27-22)17-4-8-24-9-5-17/h1-5,8-9,12-16,27H,6-7,10-11H2,(H,25,26). The number of H-pyrrole nitrogens is 1. The van der Waals surface area contributed by atoms with E-state index in [1.54, 1.807) is 12.4 Å².